The molecule has 0 radical (unpaired) electrons. The summed E-state index contributed by atoms with van der Waals surface area (Å²) in [6, 6.07) is 13.0. The monoisotopic (exact) mass is 495 g/mol. The van der Waals surface area contributed by atoms with Gasteiger partial charge in [0.25, 0.3) is 5.91 Å². The lowest BCUT2D eigenvalue weighted by molar-refractivity contribution is 0.0948. The molecule has 1 aliphatic carbocycles. The van der Waals surface area contributed by atoms with Crippen molar-refractivity contribution < 1.29 is 4.79 Å². The molecule has 0 aliphatic heterocycles. The van der Waals surface area contributed by atoms with Crippen molar-refractivity contribution in [3.63, 3.8) is 0 Å². The van der Waals surface area contributed by atoms with Crippen LogP contribution in [-0.4, -0.2) is 35.3 Å². The summed E-state index contributed by atoms with van der Waals surface area (Å²) in [4.78, 5) is 32.7. The lowest BCUT2D eigenvalue weighted by Crippen LogP contribution is -2.32. The number of amides is 1. The summed E-state index contributed by atoms with van der Waals surface area (Å²) < 4.78 is 2.09. The number of aryl methyl sites for hydroxylation is 4. The number of imidazole rings is 1. The smallest absolute Gasteiger partial charge is 0.255 e. The minimum atomic E-state index is -0.148. The Kier molecular flexibility index (Phi) is 7.37. The van der Waals surface area contributed by atoms with Crippen molar-refractivity contribution in [1.29, 1.82) is 0 Å². The van der Waals surface area contributed by atoms with Gasteiger partial charge in [0.05, 0.1) is 40.7 Å². The molecule has 0 saturated heterocycles. The predicted octanol–water partition coefficient (Wildman–Crippen LogP) is 4.23. The Morgan fingerprint density at radius 1 is 1.05 bits per heavy atom. The number of nitrogens with zero attached hydrogens (tertiary/aromatic N) is 6. The zero-order chi connectivity index (χ0) is 25.8. The van der Waals surface area contributed by atoms with E-state index in [1.54, 1.807) is 0 Å². The van der Waals surface area contributed by atoms with E-state index in [2.05, 4.69) is 60.1 Å². The van der Waals surface area contributed by atoms with E-state index < -0.39 is 0 Å². The summed E-state index contributed by atoms with van der Waals surface area (Å²) in [7, 11) is 2.04. The zero-order valence-electron chi connectivity index (χ0n) is 21.7. The number of carbonyl (C=O) groups excluding carboxylic acids is 1. The normalized spacial score (nSPS) is 15.0. The first-order chi connectivity index (χ1) is 18.0. The van der Waals surface area contributed by atoms with Crippen molar-refractivity contribution >= 4 is 5.91 Å². The topological polar surface area (TPSA) is 88.8 Å². The molecule has 1 aliphatic rings. The van der Waals surface area contributed by atoms with Gasteiger partial charge in [0.15, 0.2) is 0 Å². The molecule has 1 unspecified atom stereocenters. The Labute approximate surface area is 217 Å². The Bertz CT molecular complexity index is 1360. The maximum Gasteiger partial charge on any atom is 0.255 e. The maximum absolute atomic E-state index is 12.7. The van der Waals surface area contributed by atoms with Gasteiger partial charge in [0.2, 0.25) is 0 Å². The van der Waals surface area contributed by atoms with Crippen LogP contribution >= 0.6 is 0 Å². The van der Waals surface area contributed by atoms with Crippen LogP contribution in [0.5, 0.6) is 0 Å². The van der Waals surface area contributed by atoms with Gasteiger partial charge in [-0.1, -0.05) is 30.3 Å². The minimum absolute atomic E-state index is 0.148. The molecule has 4 aromatic rings. The van der Waals surface area contributed by atoms with Gasteiger partial charge in [-0.05, 0) is 55.9 Å². The molecular formula is C29H33N7O. The number of rotatable bonds is 8. The second-order valence-corrected chi connectivity index (χ2v) is 9.78. The van der Waals surface area contributed by atoms with Crippen molar-refractivity contribution in [1.82, 2.24) is 34.7 Å². The van der Waals surface area contributed by atoms with E-state index >= 15 is 0 Å². The molecule has 3 heterocycles. The van der Waals surface area contributed by atoms with Crippen molar-refractivity contribution in [2.45, 2.75) is 58.8 Å². The van der Waals surface area contributed by atoms with Gasteiger partial charge in [-0.15, -0.1) is 0 Å². The number of aromatic nitrogens is 5. The van der Waals surface area contributed by atoms with Gasteiger partial charge in [0, 0.05) is 39.1 Å². The highest BCUT2D eigenvalue weighted by atomic mass is 16.1. The van der Waals surface area contributed by atoms with Crippen LogP contribution in [0.3, 0.4) is 0 Å². The van der Waals surface area contributed by atoms with Crippen molar-refractivity contribution in [2.24, 2.45) is 7.05 Å². The van der Waals surface area contributed by atoms with Gasteiger partial charge in [-0.3, -0.25) is 14.7 Å². The lowest BCUT2D eigenvalue weighted by atomic mass is 9.90. The van der Waals surface area contributed by atoms with E-state index in [1.165, 1.54) is 28.8 Å². The molecule has 1 aromatic carbocycles. The fourth-order valence-corrected chi connectivity index (χ4v) is 5.15. The van der Waals surface area contributed by atoms with Crippen LogP contribution in [0.15, 0.2) is 61.4 Å². The Morgan fingerprint density at radius 2 is 1.81 bits per heavy atom. The van der Waals surface area contributed by atoms with Gasteiger partial charge in [-0.2, -0.15) is 0 Å². The molecule has 0 saturated carbocycles. The first-order valence-corrected chi connectivity index (χ1v) is 12.8. The van der Waals surface area contributed by atoms with Crippen molar-refractivity contribution in [3.8, 4) is 0 Å². The third-order valence-corrected chi connectivity index (χ3v) is 7.20. The number of hydrogen-bond donors (Lipinski definition) is 1. The molecule has 0 bridgehead atoms. The average molecular weight is 496 g/mol. The first kappa shape index (κ1) is 24.8. The van der Waals surface area contributed by atoms with Crippen LogP contribution < -0.4 is 5.32 Å². The summed E-state index contributed by atoms with van der Waals surface area (Å²) >= 11 is 0. The van der Waals surface area contributed by atoms with Crippen LogP contribution in [0.4, 0.5) is 0 Å². The van der Waals surface area contributed by atoms with Crippen LogP contribution in [0.25, 0.3) is 0 Å². The molecule has 1 amide bonds. The summed E-state index contributed by atoms with van der Waals surface area (Å²) in [6.07, 6.45) is 10.5. The highest BCUT2D eigenvalue weighted by molar-refractivity contribution is 5.96. The lowest BCUT2D eigenvalue weighted by Gasteiger charge is -2.35. The minimum Gasteiger partial charge on any atom is -0.348 e. The summed E-state index contributed by atoms with van der Waals surface area (Å²) in [5.41, 5.74) is 7.93. The van der Waals surface area contributed by atoms with Crippen molar-refractivity contribution in [2.75, 3.05) is 0 Å². The van der Waals surface area contributed by atoms with Crippen LogP contribution in [0.1, 0.15) is 68.7 Å². The van der Waals surface area contributed by atoms with Gasteiger partial charge in [-0.25, -0.2) is 15.0 Å². The predicted molar refractivity (Wildman–Crippen MR) is 141 cm³/mol. The fourth-order valence-electron chi connectivity index (χ4n) is 5.15. The number of hydrogen-bond acceptors (Lipinski definition) is 6. The fraction of sp³-hybridized carbons (Fsp3) is 0.345. The second-order valence-electron chi connectivity index (χ2n) is 9.78. The molecule has 1 atom stereocenters. The number of pyridine rings is 1. The molecular weight excluding hydrogens is 462 g/mol. The maximum atomic E-state index is 12.7. The van der Waals surface area contributed by atoms with Crippen molar-refractivity contribution in [3.05, 3.63) is 106 Å². The van der Waals surface area contributed by atoms with Gasteiger partial charge < -0.3 is 9.88 Å². The first-order valence-electron chi connectivity index (χ1n) is 12.8. The summed E-state index contributed by atoms with van der Waals surface area (Å²) in [6.45, 7) is 5.71. The largest absolute Gasteiger partial charge is 0.348 e. The molecule has 0 fully saturated rings. The second kappa shape index (κ2) is 11.0. The zero-order valence-corrected chi connectivity index (χ0v) is 21.7. The van der Waals surface area contributed by atoms with E-state index in [9.17, 15) is 4.79 Å². The number of carbonyl (C=O) groups is 1. The number of nitrogens with one attached hydrogen (secondary N) is 1. The summed E-state index contributed by atoms with van der Waals surface area (Å²) in [5, 5.41) is 3.01. The SMILES string of the molecule is Cc1ncnc(C)c1C(=O)NCc1ccc(CN(Cc2cncn2C)C2CCCc3cccnc32)cc1. The molecule has 190 valence electrons. The van der Waals surface area contributed by atoms with Gasteiger partial charge in [0.1, 0.15) is 6.33 Å². The van der Waals surface area contributed by atoms with Crippen LogP contribution in [-0.2, 0) is 33.1 Å². The van der Waals surface area contributed by atoms with Gasteiger partial charge >= 0.3 is 0 Å². The molecule has 8 nitrogen and oxygen atoms in total. The van der Waals surface area contributed by atoms with E-state index in [1.807, 2.05) is 45.7 Å². The number of fused-ring (bicyclic) bond motifs is 1. The molecule has 1 N–H and O–H groups in total. The standard InChI is InChI=1S/C29H33N7O/c1-20-27(21(2)34-18-33-20)29(37)32-14-22-9-11-23(12-10-22)16-36(17-25-15-30-19-35(25)3)26-8-4-6-24-7-5-13-31-28(24)26/h5,7,9-13,15,18-19,26H,4,6,8,14,16-17H2,1-3H3,(H,32,37). The van der Waals surface area contributed by atoms with E-state index in [4.69, 9.17) is 4.98 Å². The molecule has 37 heavy (non-hydrogen) atoms. The van der Waals surface area contributed by atoms with Crippen LogP contribution in [0, 0.1) is 13.8 Å². The van der Waals surface area contributed by atoms with E-state index in [-0.39, 0.29) is 11.9 Å². The Balaban J connectivity index is 1.30. The highest BCUT2D eigenvalue weighted by Gasteiger charge is 2.28. The Hall–Kier alpha value is -3.91. The molecule has 0 spiro atoms. The van der Waals surface area contributed by atoms with Crippen LogP contribution in [0.2, 0.25) is 0 Å². The number of benzene rings is 1. The van der Waals surface area contributed by atoms with E-state index in [0.29, 0.717) is 23.5 Å². The molecule has 8 heteroatoms. The average Bonchev–Trinajstić information content (AvgIpc) is 3.31. The third kappa shape index (κ3) is 5.59. The summed E-state index contributed by atoms with van der Waals surface area (Å²) in [5.74, 6) is -0.148. The highest BCUT2D eigenvalue weighted by Crippen LogP contribution is 2.34. The molecule has 3 aromatic heterocycles. The quantitative estimate of drug-likeness (QED) is 0.394. The Morgan fingerprint density at radius 3 is 2.54 bits per heavy atom. The third-order valence-electron chi connectivity index (χ3n) is 7.20. The molecule has 5 rings (SSSR count). The van der Waals surface area contributed by atoms with E-state index in [0.717, 1.165) is 37.9 Å².